The van der Waals surface area contributed by atoms with E-state index < -0.39 is 0 Å². The molecule has 0 fully saturated rings. The van der Waals surface area contributed by atoms with Crippen molar-refractivity contribution in [2.75, 3.05) is 7.11 Å². The molecule has 0 aromatic heterocycles. The molecule has 0 bridgehead atoms. The number of benzene rings is 2. The first kappa shape index (κ1) is 15.9. The van der Waals surface area contributed by atoms with Gasteiger partial charge in [-0.05, 0) is 40.8 Å². The zero-order chi connectivity index (χ0) is 15.1. The van der Waals surface area contributed by atoms with Crippen molar-refractivity contribution in [2.45, 2.75) is 58.3 Å². The quantitative estimate of drug-likeness (QED) is 0.516. The number of hydrogen-bond donors (Lipinski definition) is 0. The Labute approximate surface area is 129 Å². The second-order valence-corrected chi connectivity index (χ2v) is 6.08. The van der Waals surface area contributed by atoms with Crippen LogP contribution in [0.25, 0.3) is 10.8 Å². The van der Waals surface area contributed by atoms with Crippen LogP contribution in [0.5, 0.6) is 5.75 Å². The number of hydrogen-bond acceptors (Lipinski definition) is 1. The van der Waals surface area contributed by atoms with E-state index in [1.54, 1.807) is 7.11 Å². The van der Waals surface area contributed by atoms with Crippen molar-refractivity contribution in [2.24, 2.45) is 0 Å². The standard InChI is InChI=1S/C20H28O/c1-4-5-6-7-8-9-16(2)17-10-11-19-15-20(21-3)13-12-18(19)14-17/h10-16H,4-9H2,1-3H3. The van der Waals surface area contributed by atoms with Crippen LogP contribution in [0.1, 0.15) is 63.9 Å². The lowest BCUT2D eigenvalue weighted by atomic mass is 9.93. The van der Waals surface area contributed by atoms with Gasteiger partial charge in [-0.1, -0.05) is 70.2 Å². The molecule has 2 aromatic rings. The first-order valence-corrected chi connectivity index (χ1v) is 8.32. The van der Waals surface area contributed by atoms with E-state index in [1.807, 2.05) is 6.07 Å². The smallest absolute Gasteiger partial charge is 0.119 e. The molecule has 0 amide bonds. The van der Waals surface area contributed by atoms with Crippen LogP contribution in [0, 0.1) is 0 Å². The van der Waals surface area contributed by atoms with Crippen molar-refractivity contribution < 1.29 is 4.74 Å². The lowest BCUT2D eigenvalue weighted by Gasteiger charge is -2.13. The monoisotopic (exact) mass is 284 g/mol. The number of rotatable bonds is 8. The lowest BCUT2D eigenvalue weighted by molar-refractivity contribution is 0.415. The molecule has 0 saturated heterocycles. The van der Waals surface area contributed by atoms with E-state index in [2.05, 4.69) is 44.2 Å². The summed E-state index contributed by atoms with van der Waals surface area (Å²) in [5.41, 5.74) is 1.46. The third-order valence-corrected chi connectivity index (χ3v) is 4.38. The van der Waals surface area contributed by atoms with Gasteiger partial charge >= 0.3 is 0 Å². The zero-order valence-corrected chi connectivity index (χ0v) is 13.7. The van der Waals surface area contributed by atoms with Gasteiger partial charge in [-0.3, -0.25) is 0 Å². The molecular weight excluding hydrogens is 256 g/mol. The molecule has 21 heavy (non-hydrogen) atoms. The molecule has 1 atom stereocenters. The predicted molar refractivity (Wildman–Crippen MR) is 92.3 cm³/mol. The third kappa shape index (κ3) is 4.49. The summed E-state index contributed by atoms with van der Waals surface area (Å²) in [6, 6.07) is 13.1. The summed E-state index contributed by atoms with van der Waals surface area (Å²) in [6.07, 6.45) is 8.12. The fourth-order valence-electron chi connectivity index (χ4n) is 2.90. The maximum Gasteiger partial charge on any atom is 0.119 e. The fraction of sp³-hybridized carbons (Fsp3) is 0.500. The molecule has 0 aliphatic heterocycles. The van der Waals surface area contributed by atoms with Crippen LogP contribution in [-0.4, -0.2) is 7.11 Å². The number of methoxy groups -OCH3 is 1. The van der Waals surface area contributed by atoms with Gasteiger partial charge in [0.25, 0.3) is 0 Å². The largest absolute Gasteiger partial charge is 0.497 e. The Balaban J connectivity index is 1.98. The Bertz CT molecular complexity index is 559. The topological polar surface area (TPSA) is 9.23 Å². The summed E-state index contributed by atoms with van der Waals surface area (Å²) in [6.45, 7) is 4.62. The maximum atomic E-state index is 5.29. The predicted octanol–water partition coefficient (Wildman–Crippen LogP) is 6.31. The molecule has 0 aliphatic rings. The van der Waals surface area contributed by atoms with Crippen molar-refractivity contribution in [3.05, 3.63) is 42.0 Å². The van der Waals surface area contributed by atoms with Crippen LogP contribution in [0.3, 0.4) is 0 Å². The van der Waals surface area contributed by atoms with E-state index in [4.69, 9.17) is 4.74 Å². The molecule has 1 unspecified atom stereocenters. The average molecular weight is 284 g/mol. The molecular formula is C20H28O. The van der Waals surface area contributed by atoms with Gasteiger partial charge < -0.3 is 4.74 Å². The highest BCUT2D eigenvalue weighted by molar-refractivity contribution is 5.84. The van der Waals surface area contributed by atoms with Gasteiger partial charge in [-0.2, -0.15) is 0 Å². The molecule has 114 valence electrons. The minimum absolute atomic E-state index is 0.651. The summed E-state index contributed by atoms with van der Waals surface area (Å²) < 4.78 is 5.29. The molecule has 0 spiro atoms. The van der Waals surface area contributed by atoms with Gasteiger partial charge in [0.15, 0.2) is 0 Å². The summed E-state index contributed by atoms with van der Waals surface area (Å²) in [5.74, 6) is 1.58. The third-order valence-electron chi connectivity index (χ3n) is 4.38. The van der Waals surface area contributed by atoms with Crippen LogP contribution < -0.4 is 4.74 Å². The van der Waals surface area contributed by atoms with Gasteiger partial charge in [-0.15, -0.1) is 0 Å². The lowest BCUT2D eigenvalue weighted by Crippen LogP contribution is -1.94. The van der Waals surface area contributed by atoms with Gasteiger partial charge in [0.05, 0.1) is 7.11 Å². The van der Waals surface area contributed by atoms with E-state index in [9.17, 15) is 0 Å². The summed E-state index contributed by atoms with van der Waals surface area (Å²) in [7, 11) is 1.72. The second kappa shape index (κ2) is 8.07. The number of unbranched alkanes of at least 4 members (excludes halogenated alkanes) is 4. The molecule has 0 aliphatic carbocycles. The highest BCUT2D eigenvalue weighted by Crippen LogP contribution is 2.27. The number of fused-ring (bicyclic) bond motifs is 1. The minimum atomic E-state index is 0.651. The van der Waals surface area contributed by atoms with Gasteiger partial charge in [0, 0.05) is 0 Å². The Morgan fingerprint density at radius 2 is 1.62 bits per heavy atom. The summed E-state index contributed by atoms with van der Waals surface area (Å²) in [5, 5.41) is 2.57. The van der Waals surface area contributed by atoms with Crippen LogP contribution in [0.4, 0.5) is 0 Å². The first-order valence-electron chi connectivity index (χ1n) is 8.32. The maximum absolute atomic E-state index is 5.29. The van der Waals surface area contributed by atoms with Gasteiger partial charge in [0.1, 0.15) is 5.75 Å². The Hall–Kier alpha value is -1.50. The summed E-state index contributed by atoms with van der Waals surface area (Å²) in [4.78, 5) is 0. The average Bonchev–Trinajstić information content (AvgIpc) is 2.53. The fourth-order valence-corrected chi connectivity index (χ4v) is 2.90. The van der Waals surface area contributed by atoms with Crippen molar-refractivity contribution in [3.8, 4) is 5.75 Å². The summed E-state index contributed by atoms with van der Waals surface area (Å²) >= 11 is 0. The van der Waals surface area contributed by atoms with Crippen LogP contribution in [0.15, 0.2) is 36.4 Å². The molecule has 1 heteroatoms. The van der Waals surface area contributed by atoms with Crippen molar-refractivity contribution >= 4 is 10.8 Å². The van der Waals surface area contributed by atoms with E-state index in [0.29, 0.717) is 5.92 Å². The first-order chi connectivity index (χ1) is 10.2. The molecule has 0 heterocycles. The van der Waals surface area contributed by atoms with E-state index >= 15 is 0 Å². The highest BCUT2D eigenvalue weighted by Gasteiger charge is 2.06. The van der Waals surface area contributed by atoms with Gasteiger partial charge in [0.2, 0.25) is 0 Å². The Kier molecular flexibility index (Phi) is 6.10. The minimum Gasteiger partial charge on any atom is -0.497 e. The molecule has 0 radical (unpaired) electrons. The molecule has 0 N–H and O–H groups in total. The molecule has 2 rings (SSSR count). The van der Waals surface area contributed by atoms with Crippen molar-refractivity contribution in [3.63, 3.8) is 0 Å². The normalized spacial score (nSPS) is 12.5. The highest BCUT2D eigenvalue weighted by atomic mass is 16.5. The van der Waals surface area contributed by atoms with E-state index in [-0.39, 0.29) is 0 Å². The molecule has 1 nitrogen and oxygen atoms in total. The molecule has 0 saturated carbocycles. The van der Waals surface area contributed by atoms with Crippen LogP contribution in [-0.2, 0) is 0 Å². The van der Waals surface area contributed by atoms with E-state index in [0.717, 1.165) is 5.75 Å². The van der Waals surface area contributed by atoms with Crippen molar-refractivity contribution in [1.82, 2.24) is 0 Å². The zero-order valence-electron chi connectivity index (χ0n) is 13.7. The van der Waals surface area contributed by atoms with Crippen molar-refractivity contribution in [1.29, 1.82) is 0 Å². The Morgan fingerprint density at radius 3 is 2.38 bits per heavy atom. The number of ether oxygens (including phenoxy) is 1. The van der Waals surface area contributed by atoms with Crippen LogP contribution >= 0.6 is 0 Å². The van der Waals surface area contributed by atoms with E-state index in [1.165, 1.54) is 54.9 Å². The Morgan fingerprint density at radius 1 is 0.905 bits per heavy atom. The SMILES string of the molecule is CCCCCCCC(C)c1ccc2cc(OC)ccc2c1. The molecule has 2 aromatic carbocycles. The van der Waals surface area contributed by atoms with Crippen LogP contribution in [0.2, 0.25) is 0 Å². The second-order valence-electron chi connectivity index (χ2n) is 6.08. The van der Waals surface area contributed by atoms with Gasteiger partial charge in [-0.25, -0.2) is 0 Å².